The number of benzene rings is 1. The van der Waals surface area contributed by atoms with Gasteiger partial charge in [-0.25, -0.2) is 4.98 Å². The van der Waals surface area contributed by atoms with Gasteiger partial charge < -0.3 is 5.32 Å². The number of nitrogens with one attached hydrogen (secondary N) is 1. The Labute approximate surface area is 125 Å². The Kier molecular flexibility index (Phi) is 3.20. The molecule has 0 bridgehead atoms. The zero-order valence-corrected chi connectivity index (χ0v) is 13.0. The van der Waals surface area contributed by atoms with E-state index in [1.54, 1.807) is 0 Å². The third kappa shape index (κ3) is 2.64. The monoisotopic (exact) mass is 279 g/mol. The maximum Gasteiger partial charge on any atom is 0.138 e. The molecule has 0 aliphatic heterocycles. The number of aromatic nitrogens is 2. The van der Waals surface area contributed by atoms with Gasteiger partial charge in [0, 0.05) is 17.3 Å². The molecule has 0 fully saturated rings. The summed E-state index contributed by atoms with van der Waals surface area (Å²) in [6, 6.07) is 14.5. The van der Waals surface area contributed by atoms with Crippen molar-refractivity contribution >= 4 is 17.2 Å². The van der Waals surface area contributed by atoms with E-state index in [1.165, 1.54) is 5.56 Å². The maximum absolute atomic E-state index is 4.84. The van der Waals surface area contributed by atoms with Gasteiger partial charge in [0.1, 0.15) is 11.5 Å². The molecule has 21 heavy (non-hydrogen) atoms. The second kappa shape index (κ2) is 4.92. The van der Waals surface area contributed by atoms with Crippen LogP contribution < -0.4 is 5.32 Å². The molecule has 0 amide bonds. The lowest BCUT2D eigenvalue weighted by Gasteiger charge is -2.18. The van der Waals surface area contributed by atoms with Crippen molar-refractivity contribution in [2.75, 3.05) is 5.32 Å². The van der Waals surface area contributed by atoms with Crippen LogP contribution in [0.3, 0.4) is 0 Å². The predicted octanol–water partition coefficient (Wildman–Crippen LogP) is 4.68. The Morgan fingerprint density at radius 1 is 1.05 bits per heavy atom. The topological polar surface area (TPSA) is 29.3 Å². The van der Waals surface area contributed by atoms with Crippen LogP contribution in [0.1, 0.15) is 32.0 Å². The number of anilines is 2. The number of para-hydroxylation sites is 1. The summed E-state index contributed by atoms with van der Waals surface area (Å²) in [5.74, 6) is 1.05. The van der Waals surface area contributed by atoms with E-state index >= 15 is 0 Å². The van der Waals surface area contributed by atoms with Crippen molar-refractivity contribution in [3.8, 4) is 0 Å². The summed E-state index contributed by atoms with van der Waals surface area (Å²) in [6.07, 6.45) is 2.08. The molecule has 0 atom stereocenters. The summed E-state index contributed by atoms with van der Waals surface area (Å²) in [6.45, 7) is 8.67. The average molecular weight is 279 g/mol. The summed E-state index contributed by atoms with van der Waals surface area (Å²) in [5.41, 5.74) is 4.34. The van der Waals surface area contributed by atoms with Gasteiger partial charge in [-0.2, -0.15) is 0 Å². The van der Waals surface area contributed by atoms with E-state index in [1.807, 2.05) is 18.2 Å². The van der Waals surface area contributed by atoms with E-state index in [9.17, 15) is 0 Å². The normalized spacial score (nSPS) is 11.8. The minimum atomic E-state index is -0.0168. The summed E-state index contributed by atoms with van der Waals surface area (Å²) >= 11 is 0. The van der Waals surface area contributed by atoms with E-state index in [0.717, 1.165) is 22.8 Å². The molecule has 0 saturated carbocycles. The molecule has 0 radical (unpaired) electrons. The highest BCUT2D eigenvalue weighted by Crippen LogP contribution is 2.32. The second-order valence-corrected chi connectivity index (χ2v) is 6.48. The lowest BCUT2D eigenvalue weighted by atomic mass is 9.92. The van der Waals surface area contributed by atoms with E-state index in [4.69, 9.17) is 4.98 Å². The van der Waals surface area contributed by atoms with Crippen LogP contribution in [0.25, 0.3) is 5.65 Å². The molecule has 3 rings (SSSR count). The van der Waals surface area contributed by atoms with Crippen LogP contribution in [0.4, 0.5) is 11.5 Å². The molecule has 0 saturated heterocycles. The van der Waals surface area contributed by atoms with Crippen LogP contribution in [-0.2, 0) is 5.41 Å². The van der Waals surface area contributed by atoms with E-state index in [2.05, 4.69) is 67.9 Å². The summed E-state index contributed by atoms with van der Waals surface area (Å²) < 4.78 is 2.13. The summed E-state index contributed by atoms with van der Waals surface area (Å²) in [7, 11) is 0. The quantitative estimate of drug-likeness (QED) is 0.737. The van der Waals surface area contributed by atoms with Crippen molar-refractivity contribution in [1.82, 2.24) is 9.38 Å². The number of aryl methyl sites for hydroxylation is 1. The fraction of sp³-hybridized carbons (Fsp3) is 0.278. The molecular weight excluding hydrogens is 258 g/mol. The first-order valence-corrected chi connectivity index (χ1v) is 7.26. The van der Waals surface area contributed by atoms with Gasteiger partial charge in [-0.1, -0.05) is 39.0 Å². The zero-order chi connectivity index (χ0) is 15.0. The standard InChI is InChI=1S/C18H21N3/c1-13-10-11-21-15(12-13)20-16(18(2,3)4)17(21)19-14-8-6-5-7-9-14/h5-12,19H,1-4H3. The molecule has 1 aromatic carbocycles. The Bertz CT molecular complexity index is 764. The lowest BCUT2D eigenvalue weighted by Crippen LogP contribution is -2.14. The Morgan fingerprint density at radius 3 is 2.43 bits per heavy atom. The zero-order valence-electron chi connectivity index (χ0n) is 13.0. The van der Waals surface area contributed by atoms with Crippen molar-refractivity contribution in [1.29, 1.82) is 0 Å². The van der Waals surface area contributed by atoms with Crippen LogP contribution in [0.15, 0.2) is 48.7 Å². The van der Waals surface area contributed by atoms with Crippen molar-refractivity contribution in [2.24, 2.45) is 0 Å². The number of rotatable bonds is 2. The van der Waals surface area contributed by atoms with Gasteiger partial charge in [-0.3, -0.25) is 4.40 Å². The number of imidazole rings is 1. The molecule has 1 N–H and O–H groups in total. The molecule has 0 spiro atoms. The second-order valence-electron chi connectivity index (χ2n) is 6.48. The molecule has 0 aliphatic carbocycles. The van der Waals surface area contributed by atoms with Gasteiger partial charge in [0.15, 0.2) is 0 Å². The van der Waals surface area contributed by atoms with Crippen LogP contribution in [0.2, 0.25) is 0 Å². The molecule has 0 unspecified atom stereocenters. The first kappa shape index (κ1) is 13.7. The van der Waals surface area contributed by atoms with Crippen molar-refractivity contribution in [3.63, 3.8) is 0 Å². The van der Waals surface area contributed by atoms with Crippen LogP contribution >= 0.6 is 0 Å². The van der Waals surface area contributed by atoms with E-state index < -0.39 is 0 Å². The number of hydrogen-bond donors (Lipinski definition) is 1. The smallest absolute Gasteiger partial charge is 0.138 e. The maximum atomic E-state index is 4.84. The average Bonchev–Trinajstić information content (AvgIpc) is 2.78. The van der Waals surface area contributed by atoms with Crippen molar-refractivity contribution in [3.05, 3.63) is 59.9 Å². The molecule has 2 heterocycles. The third-order valence-corrected chi connectivity index (χ3v) is 3.53. The third-order valence-electron chi connectivity index (χ3n) is 3.53. The summed E-state index contributed by atoms with van der Waals surface area (Å²) in [5, 5.41) is 3.52. The number of pyridine rings is 1. The lowest BCUT2D eigenvalue weighted by molar-refractivity contribution is 0.575. The van der Waals surface area contributed by atoms with E-state index in [0.29, 0.717) is 0 Å². The van der Waals surface area contributed by atoms with Crippen molar-refractivity contribution < 1.29 is 0 Å². The van der Waals surface area contributed by atoms with Gasteiger partial charge in [0.05, 0.1) is 5.69 Å². The van der Waals surface area contributed by atoms with Crippen LogP contribution in [-0.4, -0.2) is 9.38 Å². The van der Waals surface area contributed by atoms with Gasteiger partial charge in [0.25, 0.3) is 0 Å². The van der Waals surface area contributed by atoms with E-state index in [-0.39, 0.29) is 5.41 Å². The predicted molar refractivity (Wildman–Crippen MR) is 88.4 cm³/mol. The molecule has 3 aromatic rings. The van der Waals surface area contributed by atoms with Gasteiger partial charge in [-0.05, 0) is 36.8 Å². The van der Waals surface area contributed by atoms with Gasteiger partial charge >= 0.3 is 0 Å². The fourth-order valence-electron chi connectivity index (χ4n) is 2.45. The molecule has 0 aliphatic rings. The highest BCUT2D eigenvalue weighted by molar-refractivity contribution is 5.65. The fourth-order valence-corrected chi connectivity index (χ4v) is 2.45. The minimum absolute atomic E-state index is 0.0168. The highest BCUT2D eigenvalue weighted by Gasteiger charge is 2.24. The van der Waals surface area contributed by atoms with Crippen LogP contribution in [0.5, 0.6) is 0 Å². The molecule has 3 nitrogen and oxygen atoms in total. The molecular formula is C18H21N3. The van der Waals surface area contributed by atoms with Gasteiger partial charge in [0.2, 0.25) is 0 Å². The Balaban J connectivity index is 2.18. The van der Waals surface area contributed by atoms with Crippen LogP contribution in [0, 0.1) is 6.92 Å². The molecule has 3 heteroatoms. The van der Waals surface area contributed by atoms with Crippen molar-refractivity contribution in [2.45, 2.75) is 33.1 Å². The number of hydrogen-bond acceptors (Lipinski definition) is 2. The first-order valence-electron chi connectivity index (χ1n) is 7.26. The Morgan fingerprint density at radius 2 is 1.76 bits per heavy atom. The minimum Gasteiger partial charge on any atom is -0.340 e. The highest BCUT2D eigenvalue weighted by atomic mass is 15.1. The number of fused-ring (bicyclic) bond motifs is 1. The molecule has 2 aromatic heterocycles. The number of nitrogens with zero attached hydrogens (tertiary/aromatic N) is 2. The van der Waals surface area contributed by atoms with Gasteiger partial charge in [-0.15, -0.1) is 0 Å². The molecule has 108 valence electrons. The SMILES string of the molecule is Cc1ccn2c(Nc3ccccc3)c(C(C)(C)C)nc2c1. The Hall–Kier alpha value is -2.29. The largest absolute Gasteiger partial charge is 0.340 e. The summed E-state index contributed by atoms with van der Waals surface area (Å²) in [4.78, 5) is 4.84. The first-order chi connectivity index (χ1) is 9.95.